The number of carbonyl (C=O) groups is 1. The molecule has 0 aliphatic heterocycles. The molecule has 2 rings (SSSR count). The number of hydrogen-bond donors (Lipinski definition) is 1. The fourth-order valence-corrected chi connectivity index (χ4v) is 2.21. The van der Waals surface area contributed by atoms with Gasteiger partial charge in [-0.05, 0) is 19.1 Å². The quantitative estimate of drug-likeness (QED) is 0.877. The molecule has 0 saturated carbocycles. The fourth-order valence-electron chi connectivity index (χ4n) is 2.00. The Morgan fingerprint density at radius 1 is 1.47 bits per heavy atom. The lowest BCUT2D eigenvalue weighted by Crippen LogP contribution is -2.33. The van der Waals surface area contributed by atoms with Crippen LogP contribution >= 0.6 is 11.6 Å². The maximum absolute atomic E-state index is 12.4. The third kappa shape index (κ3) is 3.03. The van der Waals surface area contributed by atoms with Gasteiger partial charge in [-0.25, -0.2) is 4.98 Å². The lowest BCUT2D eigenvalue weighted by molar-refractivity contribution is 0.0705. The first-order valence-electron chi connectivity index (χ1n) is 5.98. The van der Waals surface area contributed by atoms with E-state index < -0.39 is 6.10 Å². The third-order valence-corrected chi connectivity index (χ3v) is 2.99. The Morgan fingerprint density at radius 2 is 2.16 bits per heavy atom. The van der Waals surface area contributed by atoms with E-state index in [-0.39, 0.29) is 17.6 Å². The molecule has 0 spiro atoms. The first-order valence-corrected chi connectivity index (χ1v) is 6.35. The lowest BCUT2D eigenvalue weighted by Gasteiger charge is -2.19. The number of amides is 1. The summed E-state index contributed by atoms with van der Waals surface area (Å²) in [7, 11) is 1.65. The second-order valence-electron chi connectivity index (χ2n) is 4.54. The topological polar surface area (TPSA) is 53.4 Å². The zero-order chi connectivity index (χ0) is 14.0. The number of aliphatic hydroxyl groups excluding tert-OH is 1. The summed E-state index contributed by atoms with van der Waals surface area (Å²) in [4.78, 5) is 18.0. The number of nitrogens with zero attached hydrogens (tertiary/aromatic N) is 2. The van der Waals surface area contributed by atoms with Gasteiger partial charge in [0, 0.05) is 19.0 Å². The van der Waals surface area contributed by atoms with E-state index in [0.717, 1.165) is 5.39 Å². The Hall–Kier alpha value is -1.65. The van der Waals surface area contributed by atoms with E-state index >= 15 is 0 Å². The van der Waals surface area contributed by atoms with Crippen LogP contribution in [-0.2, 0) is 0 Å². The van der Waals surface area contributed by atoms with Crippen LogP contribution in [0.15, 0.2) is 30.3 Å². The number of para-hydroxylation sites is 1. The minimum atomic E-state index is -0.572. The van der Waals surface area contributed by atoms with E-state index in [1.165, 1.54) is 4.90 Å². The summed E-state index contributed by atoms with van der Waals surface area (Å²) in [6, 6.07) is 8.91. The first-order chi connectivity index (χ1) is 8.99. The number of aromatic nitrogens is 1. The summed E-state index contributed by atoms with van der Waals surface area (Å²) in [6.07, 6.45) is -0.572. The molecule has 1 aromatic carbocycles. The van der Waals surface area contributed by atoms with Gasteiger partial charge in [0.25, 0.3) is 5.91 Å². The Kier molecular flexibility index (Phi) is 4.02. The highest BCUT2D eigenvalue weighted by atomic mass is 35.5. The van der Waals surface area contributed by atoms with Crippen molar-refractivity contribution in [2.75, 3.05) is 13.6 Å². The zero-order valence-corrected chi connectivity index (χ0v) is 11.6. The van der Waals surface area contributed by atoms with Crippen molar-refractivity contribution in [1.82, 2.24) is 9.88 Å². The van der Waals surface area contributed by atoms with Crippen LogP contribution in [0, 0.1) is 0 Å². The second kappa shape index (κ2) is 5.55. The molecule has 0 saturated heterocycles. The normalized spacial score (nSPS) is 12.4. The highest BCUT2D eigenvalue weighted by molar-refractivity contribution is 6.30. The first kappa shape index (κ1) is 13.8. The number of halogens is 1. The molecule has 0 bridgehead atoms. The van der Waals surface area contributed by atoms with Crippen molar-refractivity contribution in [3.05, 3.63) is 41.0 Å². The van der Waals surface area contributed by atoms with E-state index in [1.807, 2.05) is 24.3 Å². The van der Waals surface area contributed by atoms with Crippen molar-refractivity contribution < 1.29 is 9.90 Å². The molecule has 1 amide bonds. The van der Waals surface area contributed by atoms with Gasteiger partial charge < -0.3 is 10.0 Å². The molecule has 0 aliphatic carbocycles. The van der Waals surface area contributed by atoms with Gasteiger partial charge in [0.2, 0.25) is 0 Å². The number of pyridine rings is 1. The summed E-state index contributed by atoms with van der Waals surface area (Å²) in [5.74, 6) is -0.179. The van der Waals surface area contributed by atoms with Crippen molar-refractivity contribution >= 4 is 28.4 Å². The van der Waals surface area contributed by atoms with Gasteiger partial charge in [-0.1, -0.05) is 29.8 Å². The van der Waals surface area contributed by atoms with E-state index in [1.54, 1.807) is 20.0 Å². The summed E-state index contributed by atoms with van der Waals surface area (Å²) in [5.41, 5.74) is 1.18. The molecule has 0 aliphatic rings. The Morgan fingerprint density at radius 3 is 2.84 bits per heavy atom. The molecular weight excluding hydrogens is 264 g/mol. The average molecular weight is 279 g/mol. The minimum absolute atomic E-state index is 0.179. The highest BCUT2D eigenvalue weighted by Crippen LogP contribution is 2.21. The number of fused-ring (bicyclic) bond motifs is 1. The summed E-state index contributed by atoms with van der Waals surface area (Å²) in [6.45, 7) is 1.91. The van der Waals surface area contributed by atoms with Gasteiger partial charge in [0.15, 0.2) is 0 Å². The molecule has 100 valence electrons. The standard InChI is InChI=1S/C14H15ClN2O2/c1-9(18)8-17(2)14(19)11-7-13(15)16-12-6-4-3-5-10(11)12/h3-7,9,18H,8H2,1-2H3. The van der Waals surface area contributed by atoms with Gasteiger partial charge >= 0.3 is 0 Å². The zero-order valence-electron chi connectivity index (χ0n) is 10.8. The molecule has 1 atom stereocenters. The van der Waals surface area contributed by atoms with Crippen LogP contribution in [0.5, 0.6) is 0 Å². The van der Waals surface area contributed by atoms with Crippen LogP contribution in [0.4, 0.5) is 0 Å². The molecule has 5 heteroatoms. The number of rotatable bonds is 3. The SMILES string of the molecule is CC(O)CN(C)C(=O)c1cc(Cl)nc2ccccc12. The molecule has 2 aromatic rings. The van der Waals surface area contributed by atoms with E-state index in [4.69, 9.17) is 11.6 Å². The largest absolute Gasteiger partial charge is 0.392 e. The van der Waals surface area contributed by atoms with E-state index in [2.05, 4.69) is 4.98 Å². The van der Waals surface area contributed by atoms with Crippen LogP contribution in [0.3, 0.4) is 0 Å². The Bertz CT molecular complexity index is 613. The maximum Gasteiger partial charge on any atom is 0.254 e. The molecule has 4 nitrogen and oxygen atoms in total. The van der Waals surface area contributed by atoms with Crippen LogP contribution in [0.1, 0.15) is 17.3 Å². The molecule has 1 N–H and O–H groups in total. The molecular formula is C14H15ClN2O2. The summed E-state index contributed by atoms with van der Waals surface area (Å²) >= 11 is 5.95. The number of hydrogen-bond acceptors (Lipinski definition) is 3. The lowest BCUT2D eigenvalue weighted by atomic mass is 10.1. The molecule has 0 radical (unpaired) electrons. The smallest absolute Gasteiger partial charge is 0.254 e. The predicted molar refractivity (Wildman–Crippen MR) is 75.4 cm³/mol. The van der Waals surface area contributed by atoms with Crippen molar-refractivity contribution in [3.63, 3.8) is 0 Å². The fraction of sp³-hybridized carbons (Fsp3) is 0.286. The third-order valence-electron chi connectivity index (χ3n) is 2.80. The molecule has 0 fully saturated rings. The van der Waals surface area contributed by atoms with Crippen LogP contribution in [0.2, 0.25) is 5.15 Å². The van der Waals surface area contributed by atoms with Crippen molar-refractivity contribution in [2.45, 2.75) is 13.0 Å². The second-order valence-corrected chi connectivity index (χ2v) is 4.93. The van der Waals surface area contributed by atoms with Gasteiger partial charge in [0.1, 0.15) is 5.15 Å². The number of aliphatic hydroxyl groups is 1. The van der Waals surface area contributed by atoms with Crippen LogP contribution in [0.25, 0.3) is 10.9 Å². The van der Waals surface area contributed by atoms with Gasteiger partial charge in [-0.15, -0.1) is 0 Å². The van der Waals surface area contributed by atoms with Gasteiger partial charge in [-0.3, -0.25) is 4.79 Å². The monoisotopic (exact) mass is 278 g/mol. The molecule has 19 heavy (non-hydrogen) atoms. The number of likely N-dealkylation sites (N-methyl/N-ethyl adjacent to an activating group) is 1. The Balaban J connectivity index is 2.47. The average Bonchev–Trinajstić information content (AvgIpc) is 2.36. The molecule has 1 heterocycles. The Labute approximate surface area is 116 Å². The van der Waals surface area contributed by atoms with Gasteiger partial charge in [0.05, 0.1) is 17.2 Å². The van der Waals surface area contributed by atoms with Crippen molar-refractivity contribution in [1.29, 1.82) is 0 Å². The summed E-state index contributed by atoms with van der Waals surface area (Å²) < 4.78 is 0. The maximum atomic E-state index is 12.4. The molecule has 1 unspecified atom stereocenters. The highest BCUT2D eigenvalue weighted by Gasteiger charge is 2.17. The van der Waals surface area contributed by atoms with Crippen LogP contribution < -0.4 is 0 Å². The predicted octanol–water partition coefficient (Wildman–Crippen LogP) is 2.34. The van der Waals surface area contributed by atoms with E-state index in [9.17, 15) is 9.90 Å². The van der Waals surface area contributed by atoms with Crippen molar-refractivity contribution in [2.24, 2.45) is 0 Å². The van der Waals surface area contributed by atoms with Crippen molar-refractivity contribution in [3.8, 4) is 0 Å². The minimum Gasteiger partial charge on any atom is -0.392 e. The number of benzene rings is 1. The van der Waals surface area contributed by atoms with Gasteiger partial charge in [-0.2, -0.15) is 0 Å². The summed E-state index contributed by atoms with van der Waals surface area (Å²) in [5, 5.41) is 10.4. The number of carbonyl (C=O) groups excluding carboxylic acids is 1. The van der Waals surface area contributed by atoms with E-state index in [0.29, 0.717) is 11.1 Å². The van der Waals surface area contributed by atoms with Crippen LogP contribution in [-0.4, -0.2) is 40.6 Å². The molecule has 1 aromatic heterocycles.